The Morgan fingerprint density at radius 3 is 2.59 bits per heavy atom. The highest BCUT2D eigenvalue weighted by atomic mass is 16.3. The van der Waals surface area contributed by atoms with Gasteiger partial charge >= 0.3 is 5.69 Å². The molecule has 1 saturated carbocycles. The fraction of sp³-hybridized carbons (Fsp3) is 0.667. The first kappa shape index (κ1) is 16.5. The van der Waals surface area contributed by atoms with Crippen LogP contribution in [0.25, 0.3) is 0 Å². The normalized spacial score (nSPS) is 17.1. The number of nitriles is 1. The molecule has 1 aliphatic carbocycles. The molecule has 0 aliphatic heterocycles. The molecule has 1 atom stereocenters. The maximum atomic E-state index is 12.4. The van der Waals surface area contributed by atoms with Crippen LogP contribution in [0.1, 0.15) is 55.7 Å². The van der Waals surface area contributed by atoms with Crippen LogP contribution in [0.2, 0.25) is 0 Å². The van der Waals surface area contributed by atoms with Crippen LogP contribution in [0.15, 0.2) is 9.59 Å². The monoisotopic (exact) mass is 307 g/mol. The number of nitrogens with one attached hydrogen (secondary N) is 1. The lowest BCUT2D eigenvalue weighted by Gasteiger charge is -2.22. The van der Waals surface area contributed by atoms with Gasteiger partial charge in [-0.25, -0.2) is 4.79 Å². The van der Waals surface area contributed by atoms with E-state index in [1.54, 1.807) is 0 Å². The molecule has 0 spiro atoms. The topological polar surface area (TPSA) is 119 Å². The maximum Gasteiger partial charge on any atom is 0.328 e. The maximum absolute atomic E-state index is 12.4. The molecule has 1 fully saturated rings. The van der Waals surface area contributed by atoms with Crippen molar-refractivity contribution in [3.8, 4) is 6.07 Å². The van der Waals surface area contributed by atoms with Gasteiger partial charge < -0.3 is 15.2 Å². The van der Waals surface area contributed by atoms with Crippen molar-refractivity contribution in [1.82, 2.24) is 9.55 Å². The second-order valence-electron chi connectivity index (χ2n) is 5.75. The highest BCUT2D eigenvalue weighted by Crippen LogP contribution is 2.31. The summed E-state index contributed by atoms with van der Waals surface area (Å²) in [4.78, 5) is 27.2. The Morgan fingerprint density at radius 1 is 1.32 bits per heavy atom. The lowest BCUT2D eigenvalue weighted by Crippen LogP contribution is -2.39. The molecule has 1 heterocycles. The number of aromatic nitrogens is 2. The molecule has 1 unspecified atom stereocenters. The lowest BCUT2D eigenvalue weighted by atomic mass is 9.85. The molecule has 1 aliphatic rings. The zero-order valence-corrected chi connectivity index (χ0v) is 12.4. The van der Waals surface area contributed by atoms with Gasteiger partial charge in [0.15, 0.2) is 0 Å². The molecular formula is C15H21N3O4. The van der Waals surface area contributed by atoms with Crippen molar-refractivity contribution in [3.63, 3.8) is 0 Å². The number of aromatic amines is 1. The molecule has 0 bridgehead atoms. The summed E-state index contributed by atoms with van der Waals surface area (Å²) in [5, 5.41) is 27.4. The average Bonchev–Trinajstić information content (AvgIpc) is 2.54. The molecule has 7 nitrogen and oxygen atoms in total. The number of aliphatic hydroxyl groups is 2. The lowest BCUT2D eigenvalue weighted by molar-refractivity contribution is 0.0840. The van der Waals surface area contributed by atoms with Gasteiger partial charge in [0.1, 0.15) is 11.6 Å². The summed E-state index contributed by atoms with van der Waals surface area (Å²) in [6.07, 6.45) is 4.03. The van der Waals surface area contributed by atoms with E-state index >= 15 is 0 Å². The van der Waals surface area contributed by atoms with E-state index in [1.165, 1.54) is 0 Å². The third kappa shape index (κ3) is 3.46. The molecule has 0 amide bonds. The third-order valence-electron chi connectivity index (χ3n) is 4.24. The van der Waals surface area contributed by atoms with Gasteiger partial charge in [0.2, 0.25) is 0 Å². The average molecular weight is 307 g/mol. The van der Waals surface area contributed by atoms with E-state index in [1.807, 2.05) is 6.07 Å². The Morgan fingerprint density at radius 2 is 2.00 bits per heavy atom. The third-order valence-corrected chi connectivity index (χ3v) is 4.24. The molecule has 2 rings (SSSR count). The second kappa shape index (κ2) is 7.38. The number of nitrogens with zero attached hydrogens (tertiary/aromatic N) is 2. The molecule has 120 valence electrons. The van der Waals surface area contributed by atoms with Crippen LogP contribution in [0.5, 0.6) is 0 Å². The van der Waals surface area contributed by atoms with Gasteiger partial charge in [0.25, 0.3) is 5.56 Å². The first-order valence-electron chi connectivity index (χ1n) is 7.64. The number of aliphatic hydroxyl groups excluding tert-OH is 2. The molecule has 1 aromatic heterocycles. The Kier molecular flexibility index (Phi) is 5.52. The van der Waals surface area contributed by atoms with Crippen molar-refractivity contribution in [3.05, 3.63) is 32.1 Å². The Labute approximate surface area is 127 Å². The van der Waals surface area contributed by atoms with Crippen molar-refractivity contribution in [2.45, 2.75) is 57.1 Å². The smallest absolute Gasteiger partial charge is 0.328 e. The minimum Gasteiger partial charge on any atom is -0.394 e. The van der Waals surface area contributed by atoms with E-state index in [4.69, 9.17) is 5.11 Å². The first-order chi connectivity index (χ1) is 10.6. The van der Waals surface area contributed by atoms with Crippen molar-refractivity contribution in [2.24, 2.45) is 0 Å². The van der Waals surface area contributed by atoms with Gasteiger partial charge in [-0.2, -0.15) is 5.26 Å². The largest absolute Gasteiger partial charge is 0.394 e. The molecule has 3 N–H and O–H groups in total. The molecule has 7 heteroatoms. The van der Waals surface area contributed by atoms with E-state index in [0.717, 1.165) is 36.7 Å². The quantitative estimate of drug-likeness (QED) is 0.718. The summed E-state index contributed by atoms with van der Waals surface area (Å²) < 4.78 is 0.920. The van der Waals surface area contributed by atoms with E-state index < -0.39 is 24.0 Å². The van der Waals surface area contributed by atoms with Crippen molar-refractivity contribution in [2.75, 3.05) is 6.61 Å². The molecule has 0 saturated heterocycles. The van der Waals surface area contributed by atoms with Gasteiger partial charge in [-0.3, -0.25) is 9.36 Å². The Hall–Kier alpha value is -1.91. The minimum absolute atomic E-state index is 0.00927. The molecule has 1 aromatic rings. The van der Waals surface area contributed by atoms with Crippen LogP contribution in [0.3, 0.4) is 0 Å². The van der Waals surface area contributed by atoms with Gasteiger partial charge in [0.05, 0.1) is 12.7 Å². The summed E-state index contributed by atoms with van der Waals surface area (Å²) >= 11 is 0. The van der Waals surface area contributed by atoms with Gasteiger partial charge in [0, 0.05) is 18.2 Å². The van der Waals surface area contributed by atoms with Crippen LogP contribution in [-0.2, 0) is 6.54 Å². The van der Waals surface area contributed by atoms with Crippen LogP contribution >= 0.6 is 0 Å². The molecule has 0 radical (unpaired) electrons. The number of hydrogen-bond donors (Lipinski definition) is 3. The van der Waals surface area contributed by atoms with Gasteiger partial charge in [-0.1, -0.05) is 19.3 Å². The van der Waals surface area contributed by atoms with E-state index in [9.17, 15) is 20.0 Å². The van der Waals surface area contributed by atoms with Crippen molar-refractivity contribution < 1.29 is 10.2 Å². The summed E-state index contributed by atoms with van der Waals surface area (Å²) in [6, 6.07) is 1.92. The van der Waals surface area contributed by atoms with Crippen LogP contribution < -0.4 is 11.2 Å². The highest BCUT2D eigenvalue weighted by molar-refractivity contribution is 5.33. The zero-order valence-electron chi connectivity index (χ0n) is 12.4. The first-order valence-corrected chi connectivity index (χ1v) is 7.64. The predicted molar refractivity (Wildman–Crippen MR) is 79.6 cm³/mol. The second-order valence-corrected chi connectivity index (χ2v) is 5.75. The fourth-order valence-electron chi connectivity index (χ4n) is 2.97. The van der Waals surface area contributed by atoms with E-state index in [-0.39, 0.29) is 24.4 Å². The summed E-state index contributed by atoms with van der Waals surface area (Å²) in [5.74, 6) is 0.0569. The predicted octanol–water partition coefficient (Wildman–Crippen LogP) is 0.199. The van der Waals surface area contributed by atoms with Gasteiger partial charge in [-0.05, 0) is 19.3 Å². The van der Waals surface area contributed by atoms with Crippen LogP contribution in [-0.4, -0.2) is 32.5 Å². The SMILES string of the molecule is N#Cc1c(C2CCCCC2)[nH]c(=O)n(CCC(O)CO)c1=O. The van der Waals surface area contributed by atoms with E-state index in [0.29, 0.717) is 5.69 Å². The Balaban J connectivity index is 2.37. The van der Waals surface area contributed by atoms with E-state index in [2.05, 4.69) is 4.98 Å². The number of rotatable bonds is 5. The molecule has 22 heavy (non-hydrogen) atoms. The molecular weight excluding hydrogens is 286 g/mol. The fourth-order valence-corrected chi connectivity index (χ4v) is 2.97. The summed E-state index contributed by atoms with van der Waals surface area (Å²) in [7, 11) is 0. The highest BCUT2D eigenvalue weighted by Gasteiger charge is 2.23. The minimum atomic E-state index is -0.991. The van der Waals surface area contributed by atoms with Crippen molar-refractivity contribution >= 4 is 0 Å². The zero-order chi connectivity index (χ0) is 16.1. The van der Waals surface area contributed by atoms with Gasteiger partial charge in [-0.15, -0.1) is 0 Å². The van der Waals surface area contributed by atoms with Crippen LogP contribution in [0, 0.1) is 11.3 Å². The molecule has 0 aromatic carbocycles. The van der Waals surface area contributed by atoms with Crippen LogP contribution in [0.4, 0.5) is 0 Å². The van der Waals surface area contributed by atoms with Crippen molar-refractivity contribution in [1.29, 1.82) is 5.26 Å². The standard InChI is InChI=1S/C15H21N3O4/c16-8-12-13(10-4-2-1-3-5-10)17-15(22)18(14(12)21)7-6-11(20)9-19/h10-11,19-20H,1-7,9H2,(H,17,22). The summed E-state index contributed by atoms with van der Waals surface area (Å²) in [6.45, 7) is -0.465. The number of hydrogen-bond acceptors (Lipinski definition) is 5. The summed E-state index contributed by atoms with van der Waals surface area (Å²) in [5.41, 5.74) is -0.729. The Bertz CT molecular complexity index is 665. The number of H-pyrrole nitrogens is 1.